The van der Waals surface area contributed by atoms with E-state index < -0.39 is 30.3 Å². The van der Waals surface area contributed by atoms with Crippen LogP contribution in [0, 0.1) is 5.92 Å². The summed E-state index contributed by atoms with van der Waals surface area (Å²) < 4.78 is 5.79. The molecule has 1 aliphatic rings. The number of benzene rings is 2. The second-order valence-electron chi connectivity index (χ2n) is 6.62. The minimum Gasteiger partial charge on any atom is -0.455 e. The van der Waals surface area contributed by atoms with Crippen LogP contribution in [0.2, 0.25) is 10.0 Å². The fourth-order valence-corrected chi connectivity index (χ4v) is 3.53. The van der Waals surface area contributed by atoms with Gasteiger partial charge in [-0.25, -0.2) is 0 Å². The summed E-state index contributed by atoms with van der Waals surface area (Å²) >= 11 is 15.3. The van der Waals surface area contributed by atoms with Crippen LogP contribution in [0.1, 0.15) is 16.8 Å². The highest BCUT2D eigenvalue weighted by atomic mass is 79.9. The van der Waals surface area contributed by atoms with Gasteiger partial charge < -0.3 is 9.64 Å². The van der Waals surface area contributed by atoms with Crippen LogP contribution in [-0.2, 0) is 19.1 Å². The van der Waals surface area contributed by atoms with E-state index in [0.717, 1.165) is 4.47 Å². The number of ether oxygens (including phenoxy) is 1. The number of carbonyl (C=O) groups is 4. The zero-order valence-electron chi connectivity index (χ0n) is 15.9. The molecule has 0 spiro atoms. The lowest BCUT2D eigenvalue weighted by molar-refractivity contribution is -0.152. The van der Waals surface area contributed by atoms with Crippen LogP contribution in [0.5, 0.6) is 0 Å². The van der Waals surface area contributed by atoms with Gasteiger partial charge in [0.15, 0.2) is 6.61 Å². The molecule has 1 heterocycles. The lowest BCUT2D eigenvalue weighted by Crippen LogP contribution is -2.43. The Labute approximate surface area is 195 Å². The molecule has 1 fully saturated rings. The van der Waals surface area contributed by atoms with Gasteiger partial charge in [-0.1, -0.05) is 39.1 Å². The summed E-state index contributed by atoms with van der Waals surface area (Å²) in [5, 5.41) is 0.729. The number of carbonyl (C=O) groups excluding carboxylic acids is 4. The Morgan fingerprint density at radius 3 is 2.52 bits per heavy atom. The summed E-state index contributed by atoms with van der Waals surface area (Å²) in [5.74, 6) is -3.02. The van der Waals surface area contributed by atoms with Gasteiger partial charge in [0.05, 0.1) is 16.6 Å². The fourth-order valence-electron chi connectivity index (χ4n) is 2.88. The van der Waals surface area contributed by atoms with Crippen LogP contribution in [0.15, 0.2) is 46.9 Å². The Balaban J connectivity index is 1.47. The predicted octanol–water partition coefficient (Wildman–Crippen LogP) is 3.11. The van der Waals surface area contributed by atoms with Crippen molar-refractivity contribution in [2.75, 3.05) is 18.1 Å². The molecule has 2 aromatic carbocycles. The third kappa shape index (κ3) is 5.96. The van der Waals surface area contributed by atoms with E-state index in [-0.39, 0.29) is 18.9 Å². The van der Waals surface area contributed by atoms with Gasteiger partial charge in [0.2, 0.25) is 5.91 Å². The Hall–Kier alpha value is -2.62. The maximum Gasteiger partial charge on any atom is 0.311 e. The van der Waals surface area contributed by atoms with E-state index in [4.69, 9.17) is 27.9 Å². The Morgan fingerprint density at radius 1 is 1.10 bits per heavy atom. The van der Waals surface area contributed by atoms with E-state index >= 15 is 0 Å². The van der Waals surface area contributed by atoms with Gasteiger partial charge in [0, 0.05) is 28.0 Å². The van der Waals surface area contributed by atoms with Crippen molar-refractivity contribution in [3.8, 4) is 0 Å². The highest BCUT2D eigenvalue weighted by molar-refractivity contribution is 9.10. The smallest absolute Gasteiger partial charge is 0.311 e. The first-order chi connectivity index (χ1) is 14.7. The number of hydrogen-bond acceptors (Lipinski definition) is 5. The quantitative estimate of drug-likeness (QED) is 0.458. The molecule has 162 valence electrons. The normalized spacial score (nSPS) is 15.5. The number of esters is 1. The highest BCUT2D eigenvalue weighted by Gasteiger charge is 2.37. The first-order valence-electron chi connectivity index (χ1n) is 9.01. The van der Waals surface area contributed by atoms with Crippen LogP contribution in [-0.4, -0.2) is 36.8 Å². The van der Waals surface area contributed by atoms with E-state index in [9.17, 15) is 19.2 Å². The van der Waals surface area contributed by atoms with Gasteiger partial charge in [-0.15, -0.1) is 0 Å². The van der Waals surface area contributed by atoms with Gasteiger partial charge in [-0.3, -0.25) is 30.0 Å². The molecule has 3 rings (SSSR count). The molecule has 0 saturated carbocycles. The predicted molar refractivity (Wildman–Crippen MR) is 118 cm³/mol. The molecule has 11 heteroatoms. The number of nitrogens with zero attached hydrogens (tertiary/aromatic N) is 1. The van der Waals surface area contributed by atoms with Gasteiger partial charge >= 0.3 is 5.97 Å². The standard InChI is InChI=1S/C20H16BrCl2N3O5/c21-13-3-1-11(2-4-13)19(29)25-24-17(27)10-31-20(30)12-7-18(28)26(9-12)16-8-14(22)5-6-15(16)23/h1-6,8,12H,7,9-10H2,(H,24,27)(H,25,29)/t12-/m0/s1. The molecule has 0 unspecified atom stereocenters. The Kier molecular flexibility index (Phi) is 7.53. The number of rotatable bonds is 5. The van der Waals surface area contributed by atoms with Crippen LogP contribution >= 0.6 is 39.1 Å². The summed E-state index contributed by atoms with van der Waals surface area (Å²) in [6.07, 6.45) is -0.0798. The molecule has 0 bridgehead atoms. The second-order valence-corrected chi connectivity index (χ2v) is 8.38. The first-order valence-corrected chi connectivity index (χ1v) is 10.6. The van der Waals surface area contributed by atoms with E-state index in [1.807, 2.05) is 0 Å². The molecule has 31 heavy (non-hydrogen) atoms. The summed E-state index contributed by atoms with van der Waals surface area (Å²) in [6, 6.07) is 11.2. The van der Waals surface area contributed by atoms with E-state index in [0.29, 0.717) is 21.3 Å². The van der Waals surface area contributed by atoms with Crippen LogP contribution in [0.4, 0.5) is 5.69 Å². The zero-order chi connectivity index (χ0) is 22.5. The average Bonchev–Trinajstić information content (AvgIpc) is 3.14. The SMILES string of the molecule is O=C(COC(=O)[C@H]1CC(=O)N(c2cc(Cl)ccc2Cl)C1)NNC(=O)c1ccc(Br)cc1. The molecule has 3 amide bonds. The Morgan fingerprint density at radius 2 is 1.81 bits per heavy atom. The van der Waals surface area contributed by atoms with Crippen molar-refractivity contribution in [1.29, 1.82) is 0 Å². The van der Waals surface area contributed by atoms with Crippen molar-refractivity contribution in [1.82, 2.24) is 10.9 Å². The third-order valence-electron chi connectivity index (χ3n) is 4.42. The molecule has 2 N–H and O–H groups in total. The summed E-state index contributed by atoms with van der Waals surface area (Å²) in [6.45, 7) is -0.554. The molecular formula is C20H16BrCl2N3O5. The molecule has 0 radical (unpaired) electrons. The monoisotopic (exact) mass is 527 g/mol. The number of hydrogen-bond donors (Lipinski definition) is 2. The van der Waals surface area contributed by atoms with Gasteiger partial charge in [0.1, 0.15) is 0 Å². The highest BCUT2D eigenvalue weighted by Crippen LogP contribution is 2.33. The van der Waals surface area contributed by atoms with Crippen LogP contribution in [0.25, 0.3) is 0 Å². The summed E-state index contributed by atoms with van der Waals surface area (Å²) in [4.78, 5) is 49.8. The number of halogens is 3. The number of amides is 3. The molecule has 1 aliphatic heterocycles. The minimum absolute atomic E-state index is 0.0552. The van der Waals surface area contributed by atoms with Crippen LogP contribution < -0.4 is 15.8 Å². The molecule has 1 atom stereocenters. The lowest BCUT2D eigenvalue weighted by Gasteiger charge is -2.18. The molecule has 0 aliphatic carbocycles. The molecular weight excluding hydrogens is 513 g/mol. The fraction of sp³-hybridized carbons (Fsp3) is 0.200. The van der Waals surface area contributed by atoms with Crippen molar-refractivity contribution < 1.29 is 23.9 Å². The number of anilines is 1. The average molecular weight is 529 g/mol. The van der Waals surface area contributed by atoms with E-state index in [1.54, 1.807) is 36.4 Å². The summed E-state index contributed by atoms with van der Waals surface area (Å²) in [5.41, 5.74) is 5.13. The topological polar surface area (TPSA) is 105 Å². The van der Waals surface area contributed by atoms with Crippen molar-refractivity contribution in [2.45, 2.75) is 6.42 Å². The maximum atomic E-state index is 12.3. The van der Waals surface area contributed by atoms with Gasteiger partial charge in [-0.2, -0.15) is 0 Å². The first kappa shape index (κ1) is 23.1. The maximum absolute atomic E-state index is 12.3. The second kappa shape index (κ2) is 10.1. The molecule has 8 nitrogen and oxygen atoms in total. The zero-order valence-corrected chi connectivity index (χ0v) is 19.0. The largest absolute Gasteiger partial charge is 0.455 e. The minimum atomic E-state index is -0.757. The van der Waals surface area contributed by atoms with E-state index in [1.165, 1.54) is 11.0 Å². The molecule has 0 aromatic heterocycles. The van der Waals surface area contributed by atoms with Gasteiger partial charge in [0.25, 0.3) is 11.8 Å². The number of nitrogens with one attached hydrogen (secondary N) is 2. The van der Waals surface area contributed by atoms with Crippen molar-refractivity contribution in [3.63, 3.8) is 0 Å². The molecule has 2 aromatic rings. The summed E-state index contributed by atoms with van der Waals surface area (Å²) in [7, 11) is 0. The van der Waals surface area contributed by atoms with Crippen molar-refractivity contribution in [2.24, 2.45) is 5.92 Å². The van der Waals surface area contributed by atoms with Crippen molar-refractivity contribution in [3.05, 3.63) is 62.5 Å². The molecule has 1 saturated heterocycles. The Bertz CT molecular complexity index is 1030. The van der Waals surface area contributed by atoms with Crippen molar-refractivity contribution >= 4 is 68.5 Å². The van der Waals surface area contributed by atoms with E-state index in [2.05, 4.69) is 26.8 Å². The number of hydrazine groups is 1. The lowest BCUT2D eigenvalue weighted by atomic mass is 10.1. The van der Waals surface area contributed by atoms with Crippen LogP contribution in [0.3, 0.4) is 0 Å². The third-order valence-corrected chi connectivity index (χ3v) is 5.51. The van der Waals surface area contributed by atoms with Gasteiger partial charge in [-0.05, 0) is 42.5 Å².